The molecule has 2 bridgehead atoms. The van der Waals surface area contributed by atoms with Gasteiger partial charge in [-0.3, -0.25) is 0 Å². The van der Waals surface area contributed by atoms with Crippen LogP contribution in [0.15, 0.2) is 0 Å². The minimum absolute atomic E-state index is 0.377. The highest BCUT2D eigenvalue weighted by molar-refractivity contribution is 5.07. The van der Waals surface area contributed by atoms with E-state index in [-0.39, 0.29) is 5.60 Å². The summed E-state index contributed by atoms with van der Waals surface area (Å²) in [5, 5.41) is 14.0. The molecule has 2 saturated heterocycles. The minimum atomic E-state index is -0.377. The molecular formula is C11H19NO. The third kappa shape index (κ3) is 1.23. The third-order valence-corrected chi connectivity index (χ3v) is 4.22. The van der Waals surface area contributed by atoms with Gasteiger partial charge < -0.3 is 10.4 Å². The van der Waals surface area contributed by atoms with Gasteiger partial charge in [0, 0.05) is 18.0 Å². The van der Waals surface area contributed by atoms with Crippen molar-refractivity contribution in [3.05, 3.63) is 0 Å². The lowest BCUT2D eigenvalue weighted by Gasteiger charge is -2.42. The Labute approximate surface area is 79.7 Å². The highest BCUT2D eigenvalue weighted by Crippen LogP contribution is 2.50. The Morgan fingerprint density at radius 3 is 2.69 bits per heavy atom. The van der Waals surface area contributed by atoms with Gasteiger partial charge in [0.05, 0.1) is 5.60 Å². The van der Waals surface area contributed by atoms with Crippen molar-refractivity contribution in [3.8, 4) is 0 Å². The van der Waals surface area contributed by atoms with Crippen LogP contribution in [0.3, 0.4) is 0 Å². The first-order chi connectivity index (χ1) is 6.17. The Hall–Kier alpha value is -0.0800. The molecule has 0 radical (unpaired) electrons. The topological polar surface area (TPSA) is 32.3 Å². The summed E-state index contributed by atoms with van der Waals surface area (Å²) >= 11 is 0. The molecule has 2 heteroatoms. The number of aliphatic hydroxyl groups is 1. The molecule has 13 heavy (non-hydrogen) atoms. The second-order valence-electron chi connectivity index (χ2n) is 5.47. The molecule has 3 rings (SSSR count). The molecule has 3 fully saturated rings. The maximum absolute atomic E-state index is 10.4. The Morgan fingerprint density at radius 2 is 2.00 bits per heavy atom. The van der Waals surface area contributed by atoms with Crippen LogP contribution in [0.2, 0.25) is 0 Å². The SMILES string of the molecule is CC1(O)CC2CCC(N2)C1C1CC1. The van der Waals surface area contributed by atoms with Crippen molar-refractivity contribution in [2.45, 2.75) is 56.7 Å². The lowest BCUT2D eigenvalue weighted by atomic mass is 9.75. The molecule has 0 amide bonds. The largest absolute Gasteiger partial charge is 0.390 e. The fourth-order valence-corrected chi connectivity index (χ4v) is 3.65. The molecule has 2 heterocycles. The summed E-state index contributed by atoms with van der Waals surface area (Å²) < 4.78 is 0. The van der Waals surface area contributed by atoms with E-state index in [1.807, 2.05) is 0 Å². The van der Waals surface area contributed by atoms with E-state index in [0.29, 0.717) is 18.0 Å². The number of piperidine rings is 1. The monoisotopic (exact) mass is 181 g/mol. The van der Waals surface area contributed by atoms with Gasteiger partial charge in [-0.25, -0.2) is 0 Å². The molecule has 1 aliphatic carbocycles. The number of fused-ring (bicyclic) bond motifs is 2. The number of rotatable bonds is 1. The van der Waals surface area contributed by atoms with E-state index in [2.05, 4.69) is 12.2 Å². The smallest absolute Gasteiger partial charge is 0.0680 e. The Bertz CT molecular complexity index is 222. The van der Waals surface area contributed by atoms with Crippen molar-refractivity contribution in [3.63, 3.8) is 0 Å². The van der Waals surface area contributed by atoms with Gasteiger partial charge in [0.15, 0.2) is 0 Å². The average Bonchev–Trinajstić information content (AvgIpc) is 2.74. The van der Waals surface area contributed by atoms with Crippen LogP contribution in [0.4, 0.5) is 0 Å². The third-order valence-electron chi connectivity index (χ3n) is 4.22. The van der Waals surface area contributed by atoms with Gasteiger partial charge in [-0.05, 0) is 44.9 Å². The predicted octanol–water partition coefficient (Wildman–Crippen LogP) is 1.29. The van der Waals surface area contributed by atoms with Gasteiger partial charge in [0.1, 0.15) is 0 Å². The summed E-state index contributed by atoms with van der Waals surface area (Å²) in [5.74, 6) is 1.37. The van der Waals surface area contributed by atoms with Crippen molar-refractivity contribution < 1.29 is 5.11 Å². The van der Waals surface area contributed by atoms with E-state index >= 15 is 0 Å². The first-order valence-corrected chi connectivity index (χ1v) is 5.65. The van der Waals surface area contributed by atoms with E-state index in [9.17, 15) is 5.11 Å². The first-order valence-electron chi connectivity index (χ1n) is 5.65. The van der Waals surface area contributed by atoms with E-state index in [1.165, 1.54) is 25.7 Å². The highest BCUT2D eigenvalue weighted by atomic mass is 16.3. The van der Waals surface area contributed by atoms with Gasteiger partial charge in [-0.15, -0.1) is 0 Å². The summed E-state index contributed by atoms with van der Waals surface area (Å²) in [5.41, 5.74) is -0.377. The van der Waals surface area contributed by atoms with Gasteiger partial charge in [-0.2, -0.15) is 0 Å². The zero-order valence-electron chi connectivity index (χ0n) is 8.29. The summed E-state index contributed by atoms with van der Waals surface area (Å²) in [6.45, 7) is 2.06. The summed E-state index contributed by atoms with van der Waals surface area (Å²) in [6, 6.07) is 1.23. The van der Waals surface area contributed by atoms with Gasteiger partial charge in [0.2, 0.25) is 0 Å². The van der Waals surface area contributed by atoms with Gasteiger partial charge in [-0.1, -0.05) is 0 Å². The van der Waals surface area contributed by atoms with Crippen molar-refractivity contribution in [1.82, 2.24) is 5.32 Å². The molecule has 0 aromatic heterocycles. The molecule has 0 aromatic rings. The number of nitrogens with one attached hydrogen (secondary N) is 1. The lowest BCUT2D eigenvalue weighted by Crippen LogP contribution is -2.55. The molecule has 0 aromatic carbocycles. The van der Waals surface area contributed by atoms with Crippen molar-refractivity contribution in [2.24, 2.45) is 11.8 Å². The second kappa shape index (κ2) is 2.48. The number of hydrogen-bond donors (Lipinski definition) is 2. The molecule has 74 valence electrons. The molecule has 2 N–H and O–H groups in total. The second-order valence-corrected chi connectivity index (χ2v) is 5.47. The first kappa shape index (κ1) is 8.25. The highest BCUT2D eigenvalue weighted by Gasteiger charge is 2.53. The maximum Gasteiger partial charge on any atom is 0.0680 e. The van der Waals surface area contributed by atoms with Crippen LogP contribution in [-0.4, -0.2) is 22.8 Å². The summed E-state index contributed by atoms with van der Waals surface area (Å²) in [7, 11) is 0. The van der Waals surface area contributed by atoms with E-state index in [0.717, 1.165) is 12.3 Å². The zero-order valence-corrected chi connectivity index (χ0v) is 8.29. The van der Waals surface area contributed by atoms with Crippen LogP contribution in [0, 0.1) is 11.8 Å². The van der Waals surface area contributed by atoms with Crippen molar-refractivity contribution in [1.29, 1.82) is 0 Å². The lowest BCUT2D eigenvalue weighted by molar-refractivity contribution is -0.0530. The number of hydrogen-bond acceptors (Lipinski definition) is 2. The van der Waals surface area contributed by atoms with Crippen LogP contribution >= 0.6 is 0 Å². The normalized spacial score (nSPS) is 55.4. The average molecular weight is 181 g/mol. The van der Waals surface area contributed by atoms with E-state index < -0.39 is 0 Å². The maximum atomic E-state index is 10.4. The summed E-state index contributed by atoms with van der Waals surface area (Å²) in [4.78, 5) is 0. The molecule has 3 aliphatic rings. The molecule has 1 saturated carbocycles. The van der Waals surface area contributed by atoms with Crippen LogP contribution in [0.1, 0.15) is 39.0 Å². The van der Waals surface area contributed by atoms with Crippen molar-refractivity contribution in [2.75, 3.05) is 0 Å². The molecule has 2 aliphatic heterocycles. The van der Waals surface area contributed by atoms with Crippen LogP contribution in [0.5, 0.6) is 0 Å². The predicted molar refractivity (Wildman–Crippen MR) is 51.4 cm³/mol. The molecular weight excluding hydrogens is 162 g/mol. The molecule has 4 atom stereocenters. The van der Waals surface area contributed by atoms with E-state index in [1.54, 1.807) is 0 Å². The molecule has 2 nitrogen and oxygen atoms in total. The van der Waals surface area contributed by atoms with Crippen molar-refractivity contribution >= 4 is 0 Å². The zero-order chi connectivity index (χ0) is 9.05. The Kier molecular flexibility index (Phi) is 1.58. The van der Waals surface area contributed by atoms with Gasteiger partial charge >= 0.3 is 0 Å². The van der Waals surface area contributed by atoms with Gasteiger partial charge in [0.25, 0.3) is 0 Å². The Morgan fingerprint density at radius 1 is 1.23 bits per heavy atom. The fraction of sp³-hybridized carbons (Fsp3) is 1.00. The fourth-order valence-electron chi connectivity index (χ4n) is 3.65. The molecule has 4 unspecified atom stereocenters. The minimum Gasteiger partial charge on any atom is -0.390 e. The molecule has 0 spiro atoms. The van der Waals surface area contributed by atoms with E-state index in [4.69, 9.17) is 0 Å². The quantitative estimate of drug-likeness (QED) is 0.639. The summed E-state index contributed by atoms with van der Waals surface area (Å²) in [6.07, 6.45) is 6.25. The Balaban J connectivity index is 1.87. The van der Waals surface area contributed by atoms with Crippen LogP contribution in [-0.2, 0) is 0 Å². The standard InChI is InChI=1S/C11H19NO/c1-11(13)6-8-4-5-9(12-8)10(11)7-2-3-7/h7-10,12-13H,2-6H2,1H3. The van der Waals surface area contributed by atoms with Crippen LogP contribution in [0.25, 0.3) is 0 Å². The van der Waals surface area contributed by atoms with Crippen LogP contribution < -0.4 is 5.32 Å².